The van der Waals surface area contributed by atoms with Crippen LogP contribution in [-0.4, -0.2) is 48.4 Å². The number of aromatic nitrogens is 5. The smallest absolute Gasteiger partial charge is 0.283 e. The molecule has 1 amide bonds. The average Bonchev–Trinajstić information content (AvgIpc) is 3.29. The van der Waals surface area contributed by atoms with Gasteiger partial charge in [0, 0.05) is 13.1 Å². The molecule has 128 valence electrons. The van der Waals surface area contributed by atoms with Gasteiger partial charge in [-0.3, -0.25) is 14.2 Å². The fraction of sp³-hybridized carbons (Fsp3) is 0.353. The molecular weight excluding hydrogens is 320 g/mol. The zero-order valence-corrected chi connectivity index (χ0v) is 13.7. The number of hydrogen-bond acceptors (Lipinski definition) is 5. The van der Waals surface area contributed by atoms with Gasteiger partial charge in [0.05, 0.1) is 6.54 Å². The minimum Gasteiger partial charge on any atom is -0.341 e. The molecule has 0 N–H and O–H groups in total. The van der Waals surface area contributed by atoms with E-state index in [0.29, 0.717) is 12.2 Å². The molecule has 0 radical (unpaired) electrons. The molecule has 1 fully saturated rings. The summed E-state index contributed by atoms with van der Waals surface area (Å²) in [5.74, 6) is -0.0579. The minimum absolute atomic E-state index is 0.00663. The van der Waals surface area contributed by atoms with Gasteiger partial charge < -0.3 is 4.90 Å². The number of carbonyl (C=O) groups is 1. The number of carbonyl (C=O) groups excluding carboxylic acids is 1. The number of amides is 1. The normalized spacial score (nSPS) is 14.3. The highest BCUT2D eigenvalue weighted by atomic mass is 16.2. The maximum absolute atomic E-state index is 12.6. The number of nitrogens with zero attached hydrogens (tertiary/aromatic N) is 6. The van der Waals surface area contributed by atoms with Gasteiger partial charge in [-0.2, -0.15) is 0 Å². The van der Waals surface area contributed by atoms with Gasteiger partial charge in [0.15, 0.2) is 11.2 Å². The van der Waals surface area contributed by atoms with Crippen LogP contribution in [-0.2, 0) is 17.9 Å². The summed E-state index contributed by atoms with van der Waals surface area (Å²) in [6.07, 6.45) is 3.45. The first-order valence-corrected chi connectivity index (χ1v) is 8.33. The largest absolute Gasteiger partial charge is 0.341 e. The fourth-order valence-electron chi connectivity index (χ4n) is 3.07. The number of rotatable bonds is 4. The zero-order chi connectivity index (χ0) is 17.2. The molecule has 8 nitrogen and oxygen atoms in total. The number of hydrogen-bond donors (Lipinski definition) is 0. The van der Waals surface area contributed by atoms with E-state index >= 15 is 0 Å². The average molecular weight is 338 g/mol. The molecular formula is C17H18N6O2. The van der Waals surface area contributed by atoms with Gasteiger partial charge in [0.25, 0.3) is 5.56 Å². The summed E-state index contributed by atoms with van der Waals surface area (Å²) in [5, 5.41) is 8.02. The molecule has 1 aliphatic rings. The van der Waals surface area contributed by atoms with Crippen molar-refractivity contribution in [1.29, 1.82) is 0 Å². The Bertz CT molecular complexity index is 956. The Hall–Kier alpha value is -3.03. The Labute approximate surface area is 143 Å². The second-order valence-corrected chi connectivity index (χ2v) is 6.17. The van der Waals surface area contributed by atoms with Gasteiger partial charge in [0.1, 0.15) is 12.9 Å². The van der Waals surface area contributed by atoms with Gasteiger partial charge in [-0.25, -0.2) is 9.67 Å². The lowest BCUT2D eigenvalue weighted by Crippen LogP contribution is -2.34. The van der Waals surface area contributed by atoms with Crippen LogP contribution in [0.5, 0.6) is 0 Å². The van der Waals surface area contributed by atoms with Gasteiger partial charge in [-0.15, -0.1) is 5.10 Å². The summed E-state index contributed by atoms with van der Waals surface area (Å²) in [6.45, 7) is 2.00. The van der Waals surface area contributed by atoms with E-state index in [1.54, 1.807) is 9.58 Å². The van der Waals surface area contributed by atoms with E-state index in [4.69, 9.17) is 0 Å². The molecule has 0 spiro atoms. The fourth-order valence-corrected chi connectivity index (χ4v) is 3.07. The third-order valence-corrected chi connectivity index (χ3v) is 4.43. The molecule has 0 atom stereocenters. The van der Waals surface area contributed by atoms with Crippen molar-refractivity contribution < 1.29 is 4.79 Å². The molecule has 3 heterocycles. The summed E-state index contributed by atoms with van der Waals surface area (Å²) >= 11 is 0. The molecule has 0 unspecified atom stereocenters. The van der Waals surface area contributed by atoms with Crippen molar-refractivity contribution >= 4 is 17.1 Å². The van der Waals surface area contributed by atoms with Crippen molar-refractivity contribution in [1.82, 2.24) is 29.4 Å². The van der Waals surface area contributed by atoms with E-state index in [9.17, 15) is 9.59 Å². The Balaban J connectivity index is 1.60. The molecule has 8 heteroatoms. The van der Waals surface area contributed by atoms with E-state index in [1.807, 2.05) is 30.3 Å². The number of likely N-dealkylation sites (tertiary alicyclic amines) is 1. The third-order valence-electron chi connectivity index (χ3n) is 4.43. The maximum atomic E-state index is 12.6. The van der Waals surface area contributed by atoms with Gasteiger partial charge >= 0.3 is 0 Å². The molecule has 0 aliphatic carbocycles. The maximum Gasteiger partial charge on any atom is 0.283 e. The van der Waals surface area contributed by atoms with Crippen LogP contribution in [0.1, 0.15) is 18.4 Å². The topological polar surface area (TPSA) is 85.9 Å². The molecule has 25 heavy (non-hydrogen) atoms. The van der Waals surface area contributed by atoms with Crippen molar-refractivity contribution in [3.05, 3.63) is 52.6 Å². The van der Waals surface area contributed by atoms with Gasteiger partial charge in [-0.05, 0) is 18.4 Å². The van der Waals surface area contributed by atoms with E-state index < -0.39 is 0 Å². The SMILES string of the molecule is O=C(Cn1cnc2c(nnn2Cc2ccccc2)c1=O)N1CCCC1. The van der Waals surface area contributed by atoms with Crippen molar-refractivity contribution in [3.8, 4) is 0 Å². The molecule has 1 saturated heterocycles. The van der Waals surface area contributed by atoms with Gasteiger partial charge in [-0.1, -0.05) is 35.5 Å². The van der Waals surface area contributed by atoms with Crippen LogP contribution in [0.25, 0.3) is 11.2 Å². The molecule has 1 aromatic carbocycles. The number of benzene rings is 1. The first-order chi connectivity index (χ1) is 12.2. The van der Waals surface area contributed by atoms with Crippen LogP contribution in [0.3, 0.4) is 0 Å². The highest BCUT2D eigenvalue weighted by Crippen LogP contribution is 2.09. The molecule has 1 aliphatic heterocycles. The molecule has 3 aromatic rings. The standard InChI is InChI=1S/C17H18N6O2/c24-14(21-8-4-5-9-21)11-22-12-18-16-15(17(22)25)19-20-23(16)10-13-6-2-1-3-7-13/h1-3,6-7,12H,4-5,8-11H2. The van der Waals surface area contributed by atoms with Crippen LogP contribution in [0, 0.1) is 0 Å². The Kier molecular flexibility index (Phi) is 4.01. The number of fused-ring (bicyclic) bond motifs is 1. The van der Waals surface area contributed by atoms with Crippen LogP contribution < -0.4 is 5.56 Å². The lowest BCUT2D eigenvalue weighted by atomic mass is 10.2. The van der Waals surface area contributed by atoms with E-state index in [2.05, 4.69) is 15.3 Å². The second kappa shape index (κ2) is 6.46. The quantitative estimate of drug-likeness (QED) is 0.697. The van der Waals surface area contributed by atoms with Crippen molar-refractivity contribution in [2.24, 2.45) is 0 Å². The Morgan fingerprint density at radius 1 is 1.12 bits per heavy atom. The highest BCUT2D eigenvalue weighted by molar-refractivity contribution is 5.76. The molecule has 2 aromatic heterocycles. The predicted molar refractivity (Wildman–Crippen MR) is 90.9 cm³/mol. The van der Waals surface area contributed by atoms with Crippen molar-refractivity contribution in [2.45, 2.75) is 25.9 Å². The van der Waals surface area contributed by atoms with E-state index in [-0.39, 0.29) is 23.5 Å². The van der Waals surface area contributed by atoms with Crippen molar-refractivity contribution in [3.63, 3.8) is 0 Å². The summed E-state index contributed by atoms with van der Waals surface area (Å²) in [7, 11) is 0. The first kappa shape index (κ1) is 15.5. The predicted octanol–water partition coefficient (Wildman–Crippen LogP) is 0.659. The van der Waals surface area contributed by atoms with E-state index in [0.717, 1.165) is 31.5 Å². The van der Waals surface area contributed by atoms with Gasteiger partial charge in [0.2, 0.25) is 5.91 Å². The Morgan fingerprint density at radius 2 is 1.88 bits per heavy atom. The van der Waals surface area contributed by atoms with Crippen LogP contribution >= 0.6 is 0 Å². The third kappa shape index (κ3) is 3.02. The van der Waals surface area contributed by atoms with E-state index in [1.165, 1.54) is 10.9 Å². The second-order valence-electron chi connectivity index (χ2n) is 6.17. The molecule has 0 saturated carbocycles. The molecule has 0 bridgehead atoms. The van der Waals surface area contributed by atoms with Crippen LogP contribution in [0.2, 0.25) is 0 Å². The monoisotopic (exact) mass is 338 g/mol. The first-order valence-electron chi connectivity index (χ1n) is 8.33. The zero-order valence-electron chi connectivity index (χ0n) is 13.7. The summed E-state index contributed by atoms with van der Waals surface area (Å²) in [5.41, 5.74) is 1.33. The highest BCUT2D eigenvalue weighted by Gasteiger charge is 2.20. The lowest BCUT2D eigenvalue weighted by molar-refractivity contribution is -0.130. The summed E-state index contributed by atoms with van der Waals surface area (Å²) < 4.78 is 2.91. The van der Waals surface area contributed by atoms with Crippen LogP contribution in [0.15, 0.2) is 41.5 Å². The lowest BCUT2D eigenvalue weighted by Gasteiger charge is -2.15. The van der Waals surface area contributed by atoms with Crippen LogP contribution in [0.4, 0.5) is 0 Å². The summed E-state index contributed by atoms with van der Waals surface area (Å²) in [6, 6.07) is 9.78. The summed E-state index contributed by atoms with van der Waals surface area (Å²) in [4.78, 5) is 30.9. The minimum atomic E-state index is -0.336. The Morgan fingerprint density at radius 3 is 2.64 bits per heavy atom. The molecule has 4 rings (SSSR count). The van der Waals surface area contributed by atoms with Crippen molar-refractivity contribution in [2.75, 3.05) is 13.1 Å².